The van der Waals surface area contributed by atoms with Crippen molar-refractivity contribution in [1.82, 2.24) is 5.32 Å². The van der Waals surface area contributed by atoms with Gasteiger partial charge < -0.3 is 10.1 Å². The van der Waals surface area contributed by atoms with Gasteiger partial charge in [0.25, 0.3) is 5.91 Å². The molecular formula is C19H27NO5S. The fraction of sp³-hybridized carbons (Fsp3) is 0.579. The molecule has 0 heterocycles. The quantitative estimate of drug-likeness (QED) is 0.792. The molecule has 2 rings (SSSR count). The molecule has 6 nitrogen and oxygen atoms in total. The first-order valence-corrected chi connectivity index (χ1v) is 10.8. The Balaban J connectivity index is 2.05. The number of ether oxygens (including phenoxy) is 1. The number of benzene rings is 1. The van der Waals surface area contributed by atoms with Gasteiger partial charge in [-0.2, -0.15) is 0 Å². The highest BCUT2D eigenvalue weighted by Crippen LogP contribution is 2.24. The van der Waals surface area contributed by atoms with Gasteiger partial charge >= 0.3 is 5.97 Å². The van der Waals surface area contributed by atoms with Crippen molar-refractivity contribution < 1.29 is 22.7 Å². The van der Waals surface area contributed by atoms with Crippen molar-refractivity contribution in [3.05, 3.63) is 29.3 Å². The first-order chi connectivity index (χ1) is 12.1. The monoisotopic (exact) mass is 381 g/mol. The molecular weight excluding hydrogens is 354 g/mol. The Morgan fingerprint density at radius 1 is 1.23 bits per heavy atom. The van der Waals surface area contributed by atoms with Crippen LogP contribution >= 0.6 is 0 Å². The summed E-state index contributed by atoms with van der Waals surface area (Å²) in [7, 11) is -3.43. The fourth-order valence-corrected chi connectivity index (χ4v) is 3.81. The van der Waals surface area contributed by atoms with Gasteiger partial charge in [-0.05, 0) is 50.3 Å². The molecule has 1 aromatic rings. The van der Waals surface area contributed by atoms with E-state index >= 15 is 0 Å². The molecule has 3 atom stereocenters. The van der Waals surface area contributed by atoms with Crippen LogP contribution in [0.15, 0.2) is 23.1 Å². The second kappa shape index (κ2) is 8.20. The van der Waals surface area contributed by atoms with Gasteiger partial charge in [-0.1, -0.05) is 25.8 Å². The van der Waals surface area contributed by atoms with Crippen molar-refractivity contribution in [2.24, 2.45) is 5.92 Å². The van der Waals surface area contributed by atoms with Gasteiger partial charge in [0.15, 0.2) is 15.9 Å². The van der Waals surface area contributed by atoms with Crippen molar-refractivity contribution in [3.63, 3.8) is 0 Å². The third kappa shape index (κ3) is 5.06. The zero-order valence-corrected chi connectivity index (χ0v) is 16.6. The van der Waals surface area contributed by atoms with Gasteiger partial charge in [0.05, 0.1) is 10.5 Å². The lowest BCUT2D eigenvalue weighted by atomic mass is 9.86. The zero-order chi connectivity index (χ0) is 19.5. The molecule has 0 radical (unpaired) electrons. The number of hydrogen-bond acceptors (Lipinski definition) is 5. The Kier molecular flexibility index (Phi) is 6.44. The van der Waals surface area contributed by atoms with E-state index in [0.717, 1.165) is 25.5 Å². The van der Waals surface area contributed by atoms with Gasteiger partial charge in [-0.15, -0.1) is 0 Å². The molecule has 0 aromatic heterocycles. The Bertz CT molecular complexity index is 787. The van der Waals surface area contributed by atoms with Crippen LogP contribution in [0.2, 0.25) is 0 Å². The van der Waals surface area contributed by atoms with Crippen LogP contribution in [0.5, 0.6) is 0 Å². The van der Waals surface area contributed by atoms with Crippen molar-refractivity contribution in [2.75, 3.05) is 6.26 Å². The third-order valence-corrected chi connectivity index (χ3v) is 6.06. The largest absolute Gasteiger partial charge is 0.449 e. The van der Waals surface area contributed by atoms with Crippen LogP contribution in [0.25, 0.3) is 0 Å². The maximum atomic E-state index is 12.4. The first kappa shape index (κ1) is 20.4. The van der Waals surface area contributed by atoms with E-state index in [4.69, 9.17) is 4.74 Å². The van der Waals surface area contributed by atoms with Crippen LogP contribution in [0, 0.1) is 12.8 Å². The first-order valence-electron chi connectivity index (χ1n) is 8.91. The van der Waals surface area contributed by atoms with E-state index in [1.165, 1.54) is 25.5 Å². The minimum absolute atomic E-state index is 0.0446. The van der Waals surface area contributed by atoms with Crippen molar-refractivity contribution in [2.45, 2.75) is 63.5 Å². The Labute approximate surface area is 155 Å². The summed E-state index contributed by atoms with van der Waals surface area (Å²) in [6.45, 7) is 5.33. The molecule has 1 fully saturated rings. The van der Waals surface area contributed by atoms with Gasteiger partial charge in [-0.3, -0.25) is 4.79 Å². The summed E-state index contributed by atoms with van der Waals surface area (Å²) in [5.41, 5.74) is 0.745. The van der Waals surface area contributed by atoms with Crippen LogP contribution in [0.4, 0.5) is 0 Å². The number of carbonyl (C=O) groups is 2. The molecule has 1 N–H and O–H groups in total. The predicted molar refractivity (Wildman–Crippen MR) is 98.7 cm³/mol. The number of rotatable bonds is 5. The summed E-state index contributed by atoms with van der Waals surface area (Å²) < 4.78 is 28.6. The second-order valence-corrected chi connectivity index (χ2v) is 9.19. The summed E-state index contributed by atoms with van der Waals surface area (Å²) >= 11 is 0. The number of esters is 1. The lowest BCUT2D eigenvalue weighted by molar-refractivity contribution is -0.130. The molecule has 144 valence electrons. The van der Waals surface area contributed by atoms with Crippen LogP contribution in [0.3, 0.4) is 0 Å². The van der Waals surface area contributed by atoms with E-state index in [9.17, 15) is 18.0 Å². The van der Waals surface area contributed by atoms with Crippen LogP contribution in [0.1, 0.15) is 55.5 Å². The molecule has 0 saturated heterocycles. The van der Waals surface area contributed by atoms with E-state index in [1.807, 2.05) is 0 Å². The molecule has 1 saturated carbocycles. The molecule has 1 aliphatic rings. The van der Waals surface area contributed by atoms with Gasteiger partial charge in [0.2, 0.25) is 0 Å². The van der Waals surface area contributed by atoms with Crippen molar-refractivity contribution in [3.8, 4) is 0 Å². The Hall–Kier alpha value is -1.89. The molecule has 7 heteroatoms. The number of sulfone groups is 1. The summed E-state index contributed by atoms with van der Waals surface area (Å²) in [6.07, 6.45) is 4.40. The molecule has 26 heavy (non-hydrogen) atoms. The average molecular weight is 381 g/mol. The standard InChI is InChI=1S/C19H27NO5S/c1-12-9-10-15(26(4,23)24)11-16(12)19(22)25-14(3)18(21)20-17-8-6-5-7-13(17)2/h9-11,13-14,17H,5-8H2,1-4H3,(H,20,21)/t13-,14+,17+/m0/s1. The highest BCUT2D eigenvalue weighted by molar-refractivity contribution is 7.90. The lowest BCUT2D eigenvalue weighted by Crippen LogP contribution is -2.46. The summed E-state index contributed by atoms with van der Waals surface area (Å²) in [5, 5.41) is 2.96. The van der Waals surface area contributed by atoms with E-state index in [0.29, 0.717) is 11.5 Å². The number of aryl methyl sites for hydroxylation is 1. The maximum Gasteiger partial charge on any atom is 0.339 e. The Morgan fingerprint density at radius 2 is 1.88 bits per heavy atom. The number of nitrogens with one attached hydrogen (secondary N) is 1. The number of amides is 1. The molecule has 1 aromatic carbocycles. The van der Waals surface area contributed by atoms with Gasteiger partial charge in [-0.25, -0.2) is 13.2 Å². The molecule has 0 aliphatic heterocycles. The van der Waals surface area contributed by atoms with Crippen LogP contribution in [-0.4, -0.2) is 38.7 Å². The van der Waals surface area contributed by atoms with Gasteiger partial charge in [0, 0.05) is 12.3 Å². The maximum absolute atomic E-state index is 12.4. The van der Waals surface area contributed by atoms with E-state index in [2.05, 4.69) is 12.2 Å². The zero-order valence-electron chi connectivity index (χ0n) is 15.7. The van der Waals surface area contributed by atoms with E-state index < -0.39 is 21.9 Å². The lowest BCUT2D eigenvalue weighted by Gasteiger charge is -2.30. The number of carbonyl (C=O) groups excluding carboxylic acids is 2. The Morgan fingerprint density at radius 3 is 2.50 bits per heavy atom. The highest BCUT2D eigenvalue weighted by Gasteiger charge is 2.27. The van der Waals surface area contributed by atoms with Crippen LogP contribution < -0.4 is 5.32 Å². The minimum atomic E-state index is -3.43. The van der Waals surface area contributed by atoms with Crippen LogP contribution in [-0.2, 0) is 19.4 Å². The van der Waals surface area contributed by atoms with E-state index in [1.54, 1.807) is 13.0 Å². The summed E-state index contributed by atoms with van der Waals surface area (Å²) in [6, 6.07) is 4.40. The SMILES string of the molecule is Cc1ccc(S(C)(=O)=O)cc1C(=O)O[C@H](C)C(=O)N[C@@H]1CCCC[C@@H]1C. The molecule has 0 spiro atoms. The van der Waals surface area contributed by atoms with Crippen molar-refractivity contribution in [1.29, 1.82) is 0 Å². The molecule has 0 bridgehead atoms. The minimum Gasteiger partial charge on any atom is -0.449 e. The van der Waals surface area contributed by atoms with Gasteiger partial charge in [0.1, 0.15) is 0 Å². The fourth-order valence-electron chi connectivity index (χ4n) is 3.16. The van der Waals surface area contributed by atoms with Crippen molar-refractivity contribution >= 4 is 21.7 Å². The van der Waals surface area contributed by atoms with E-state index in [-0.39, 0.29) is 22.4 Å². The summed E-state index contributed by atoms with van der Waals surface area (Å²) in [5.74, 6) is -0.620. The predicted octanol–water partition coefficient (Wildman–Crippen LogP) is 2.64. The molecule has 1 aliphatic carbocycles. The third-order valence-electron chi connectivity index (χ3n) is 4.95. The highest BCUT2D eigenvalue weighted by atomic mass is 32.2. The molecule has 1 amide bonds. The number of hydrogen-bond donors (Lipinski definition) is 1. The normalized spacial score (nSPS) is 21.7. The smallest absolute Gasteiger partial charge is 0.339 e. The average Bonchev–Trinajstić information content (AvgIpc) is 2.56. The topological polar surface area (TPSA) is 89.5 Å². The second-order valence-electron chi connectivity index (χ2n) is 7.17. The molecule has 0 unspecified atom stereocenters. The summed E-state index contributed by atoms with van der Waals surface area (Å²) in [4.78, 5) is 24.8.